The smallest absolute Gasteiger partial charge is 0.349 e. The number of anilines is 1. The largest absolute Gasteiger partial charge is 0.448 e. The highest BCUT2D eigenvalue weighted by Gasteiger charge is 2.23. The molecule has 0 aliphatic heterocycles. The molecule has 1 amide bonds. The zero-order chi connectivity index (χ0) is 18.0. The number of rotatable bonds is 4. The van der Waals surface area contributed by atoms with Gasteiger partial charge in [0.05, 0.1) is 5.69 Å². The molecule has 4 nitrogen and oxygen atoms in total. The number of thiophene rings is 1. The number of ether oxygens (including phenoxy) is 1. The Morgan fingerprint density at radius 1 is 1.28 bits per heavy atom. The molecule has 2 aromatic rings. The maximum atomic E-state index is 13.8. The third-order valence-corrected chi connectivity index (χ3v) is 5.75. The van der Waals surface area contributed by atoms with E-state index in [1.54, 1.807) is 6.07 Å². The highest BCUT2D eigenvalue weighted by molar-refractivity contribution is 9.10. The normalized spacial score (nSPS) is 14.5. The Morgan fingerprint density at radius 3 is 2.76 bits per heavy atom. The van der Waals surface area contributed by atoms with Gasteiger partial charge in [-0.1, -0.05) is 15.9 Å². The van der Waals surface area contributed by atoms with Crippen LogP contribution >= 0.6 is 27.3 Å². The van der Waals surface area contributed by atoms with Gasteiger partial charge >= 0.3 is 5.97 Å². The molecule has 7 heteroatoms. The van der Waals surface area contributed by atoms with Gasteiger partial charge in [0.2, 0.25) is 0 Å². The van der Waals surface area contributed by atoms with Crippen molar-refractivity contribution in [3.05, 3.63) is 49.9 Å². The van der Waals surface area contributed by atoms with E-state index in [0.717, 1.165) is 25.7 Å². The fraction of sp³-hybridized carbons (Fsp3) is 0.333. The van der Waals surface area contributed by atoms with E-state index in [-0.39, 0.29) is 5.69 Å². The van der Waals surface area contributed by atoms with E-state index in [1.165, 1.54) is 40.8 Å². The number of carbonyl (C=O) groups is 2. The summed E-state index contributed by atoms with van der Waals surface area (Å²) in [6.07, 6.45) is 3.23. The molecule has 1 aromatic heterocycles. The Hall–Kier alpha value is -1.73. The summed E-state index contributed by atoms with van der Waals surface area (Å²) in [5.41, 5.74) is 1.25. The first kappa shape index (κ1) is 18.1. The minimum atomic E-state index is -1.02. The van der Waals surface area contributed by atoms with Crippen molar-refractivity contribution >= 4 is 44.8 Å². The third kappa shape index (κ3) is 4.27. The fourth-order valence-electron chi connectivity index (χ4n) is 2.69. The summed E-state index contributed by atoms with van der Waals surface area (Å²) in [7, 11) is 0. The van der Waals surface area contributed by atoms with Crippen molar-refractivity contribution in [2.75, 3.05) is 5.32 Å². The second-order valence-electron chi connectivity index (χ2n) is 5.93. The van der Waals surface area contributed by atoms with Crippen LogP contribution < -0.4 is 5.32 Å². The summed E-state index contributed by atoms with van der Waals surface area (Å²) >= 11 is 4.59. The summed E-state index contributed by atoms with van der Waals surface area (Å²) in [5.74, 6) is -1.65. The van der Waals surface area contributed by atoms with Gasteiger partial charge in [-0.05, 0) is 62.4 Å². The van der Waals surface area contributed by atoms with Crippen LogP contribution in [0.15, 0.2) is 28.7 Å². The van der Waals surface area contributed by atoms with Crippen LogP contribution in [0.1, 0.15) is 39.9 Å². The first-order valence-electron chi connectivity index (χ1n) is 8.02. The lowest BCUT2D eigenvalue weighted by molar-refractivity contribution is -0.123. The molecule has 1 atom stereocenters. The Labute approximate surface area is 157 Å². The molecule has 1 aromatic carbocycles. The van der Waals surface area contributed by atoms with Crippen LogP contribution in [0.4, 0.5) is 10.1 Å². The molecule has 0 spiro atoms. The Bertz CT molecular complexity index is 797. The van der Waals surface area contributed by atoms with Gasteiger partial charge < -0.3 is 10.1 Å². The Morgan fingerprint density at radius 2 is 2.04 bits per heavy atom. The minimum Gasteiger partial charge on any atom is -0.448 e. The summed E-state index contributed by atoms with van der Waals surface area (Å²) in [4.78, 5) is 26.2. The number of carbonyl (C=O) groups excluding carboxylic acids is 2. The second kappa shape index (κ2) is 7.66. The molecule has 1 aliphatic carbocycles. The van der Waals surface area contributed by atoms with E-state index in [0.29, 0.717) is 9.35 Å². The van der Waals surface area contributed by atoms with E-state index in [2.05, 4.69) is 21.2 Å². The maximum absolute atomic E-state index is 13.8. The van der Waals surface area contributed by atoms with Crippen molar-refractivity contribution in [1.82, 2.24) is 0 Å². The van der Waals surface area contributed by atoms with Crippen LogP contribution in [0.5, 0.6) is 0 Å². The van der Waals surface area contributed by atoms with Gasteiger partial charge in [0, 0.05) is 9.35 Å². The number of esters is 1. The highest BCUT2D eigenvalue weighted by Crippen LogP contribution is 2.30. The van der Waals surface area contributed by atoms with Gasteiger partial charge in [-0.2, -0.15) is 0 Å². The molecule has 132 valence electrons. The standard InChI is InChI=1S/C18H17BrFNO3S/c1-10(17(22)21-14-7-6-12(19)9-13(14)20)24-18(23)16-8-11-4-2-3-5-15(11)25-16/h6-10H,2-5H2,1H3,(H,21,22). The number of halogens is 2. The second-order valence-corrected chi connectivity index (χ2v) is 7.98. The van der Waals surface area contributed by atoms with E-state index in [1.807, 2.05) is 6.07 Å². The molecule has 1 unspecified atom stereocenters. The molecule has 0 saturated heterocycles. The van der Waals surface area contributed by atoms with Crippen molar-refractivity contribution < 1.29 is 18.7 Å². The lowest BCUT2D eigenvalue weighted by Gasteiger charge is -2.13. The molecule has 0 saturated carbocycles. The topological polar surface area (TPSA) is 55.4 Å². The molecule has 0 bridgehead atoms. The van der Waals surface area contributed by atoms with Crippen molar-refractivity contribution in [3.8, 4) is 0 Å². The molecule has 1 N–H and O–H groups in total. The molecule has 1 heterocycles. The lowest BCUT2D eigenvalue weighted by Crippen LogP contribution is -2.30. The van der Waals surface area contributed by atoms with E-state index in [4.69, 9.17) is 4.74 Å². The van der Waals surface area contributed by atoms with E-state index < -0.39 is 23.8 Å². The van der Waals surface area contributed by atoms with Gasteiger partial charge in [0.25, 0.3) is 5.91 Å². The number of amides is 1. The predicted octanol–water partition coefficient (Wildman–Crippen LogP) is 4.71. The Kier molecular flexibility index (Phi) is 5.54. The maximum Gasteiger partial charge on any atom is 0.349 e. The first-order chi connectivity index (χ1) is 11.9. The highest BCUT2D eigenvalue weighted by atomic mass is 79.9. The SMILES string of the molecule is CC(OC(=O)c1cc2c(s1)CCCC2)C(=O)Nc1ccc(Br)cc1F. The van der Waals surface area contributed by atoms with Crippen LogP contribution in [0.2, 0.25) is 0 Å². The molecule has 3 rings (SSSR count). The summed E-state index contributed by atoms with van der Waals surface area (Å²) in [6, 6.07) is 6.17. The number of fused-ring (bicyclic) bond motifs is 1. The predicted molar refractivity (Wildman–Crippen MR) is 98.6 cm³/mol. The van der Waals surface area contributed by atoms with Crippen molar-refractivity contribution in [2.24, 2.45) is 0 Å². The van der Waals surface area contributed by atoms with E-state index >= 15 is 0 Å². The summed E-state index contributed by atoms with van der Waals surface area (Å²) in [6.45, 7) is 1.47. The summed E-state index contributed by atoms with van der Waals surface area (Å²) in [5, 5.41) is 2.43. The van der Waals surface area contributed by atoms with Crippen LogP contribution in [-0.2, 0) is 22.4 Å². The Balaban J connectivity index is 1.62. The zero-order valence-electron chi connectivity index (χ0n) is 13.6. The number of benzene rings is 1. The van der Waals surface area contributed by atoms with Crippen molar-refractivity contribution in [3.63, 3.8) is 0 Å². The number of nitrogens with one attached hydrogen (secondary N) is 1. The quantitative estimate of drug-likeness (QED) is 0.721. The van der Waals surface area contributed by atoms with Gasteiger partial charge in [-0.15, -0.1) is 11.3 Å². The molecule has 25 heavy (non-hydrogen) atoms. The molecule has 0 fully saturated rings. The zero-order valence-corrected chi connectivity index (χ0v) is 16.0. The molecular weight excluding hydrogens is 409 g/mol. The van der Waals surface area contributed by atoms with Crippen LogP contribution in [0.25, 0.3) is 0 Å². The lowest BCUT2D eigenvalue weighted by atomic mass is 9.99. The van der Waals surface area contributed by atoms with Gasteiger partial charge in [0.15, 0.2) is 6.10 Å². The first-order valence-corrected chi connectivity index (χ1v) is 9.63. The average Bonchev–Trinajstić information content (AvgIpc) is 3.01. The number of hydrogen-bond acceptors (Lipinski definition) is 4. The average molecular weight is 426 g/mol. The van der Waals surface area contributed by atoms with Crippen LogP contribution in [0.3, 0.4) is 0 Å². The van der Waals surface area contributed by atoms with Gasteiger partial charge in [-0.3, -0.25) is 4.79 Å². The van der Waals surface area contributed by atoms with Crippen molar-refractivity contribution in [2.45, 2.75) is 38.7 Å². The number of aryl methyl sites for hydroxylation is 2. The molecule has 0 radical (unpaired) electrons. The fourth-order valence-corrected chi connectivity index (χ4v) is 4.16. The van der Waals surface area contributed by atoms with Crippen molar-refractivity contribution in [1.29, 1.82) is 0 Å². The summed E-state index contributed by atoms with van der Waals surface area (Å²) < 4.78 is 19.6. The van der Waals surface area contributed by atoms with Gasteiger partial charge in [0.1, 0.15) is 10.7 Å². The van der Waals surface area contributed by atoms with Crippen LogP contribution in [0, 0.1) is 5.82 Å². The van der Waals surface area contributed by atoms with Crippen LogP contribution in [-0.4, -0.2) is 18.0 Å². The monoisotopic (exact) mass is 425 g/mol. The minimum absolute atomic E-state index is 0.0442. The molecule has 1 aliphatic rings. The van der Waals surface area contributed by atoms with Gasteiger partial charge in [-0.25, -0.2) is 9.18 Å². The molecular formula is C18H17BrFNO3S. The third-order valence-electron chi connectivity index (χ3n) is 4.04. The van der Waals surface area contributed by atoms with E-state index in [9.17, 15) is 14.0 Å². The number of hydrogen-bond donors (Lipinski definition) is 1.